The third kappa shape index (κ3) is 3.11. The van der Waals surface area contributed by atoms with Crippen LogP contribution >= 0.6 is 11.6 Å². The lowest BCUT2D eigenvalue weighted by molar-refractivity contribution is -0.123. The number of aliphatic hydroxyl groups excluding tert-OH is 1. The maximum Gasteiger partial charge on any atom is 0.264 e. The lowest BCUT2D eigenvalue weighted by Gasteiger charge is -2.31. The van der Waals surface area contributed by atoms with Crippen molar-refractivity contribution in [1.29, 1.82) is 0 Å². The number of nitrogens with one attached hydrogen (secondary N) is 2. The third-order valence-electron chi connectivity index (χ3n) is 2.91. The van der Waals surface area contributed by atoms with Crippen LogP contribution in [0.25, 0.3) is 0 Å². The number of aliphatic hydroxyl groups is 1. The van der Waals surface area contributed by atoms with Crippen LogP contribution in [-0.4, -0.2) is 22.5 Å². The van der Waals surface area contributed by atoms with Crippen LogP contribution < -0.4 is 10.6 Å². The molecule has 6 heteroatoms. The number of benzene rings is 1. The molecule has 3 N–H and O–H groups in total. The smallest absolute Gasteiger partial charge is 0.264 e. The van der Waals surface area contributed by atoms with Crippen molar-refractivity contribution in [1.82, 2.24) is 5.32 Å². The van der Waals surface area contributed by atoms with Gasteiger partial charge < -0.3 is 15.7 Å². The molecule has 0 atom stereocenters. The molecule has 1 aromatic carbocycles. The van der Waals surface area contributed by atoms with Gasteiger partial charge in [0.15, 0.2) is 0 Å². The summed E-state index contributed by atoms with van der Waals surface area (Å²) in [4.78, 5) is 24.0. The van der Waals surface area contributed by atoms with Crippen molar-refractivity contribution < 1.29 is 14.7 Å². The highest BCUT2D eigenvalue weighted by Crippen LogP contribution is 2.24. The number of halogens is 1. The van der Waals surface area contributed by atoms with Crippen molar-refractivity contribution in [2.24, 2.45) is 0 Å². The van der Waals surface area contributed by atoms with E-state index in [4.69, 9.17) is 11.6 Å². The second kappa shape index (κ2) is 5.17. The summed E-state index contributed by atoms with van der Waals surface area (Å²) >= 11 is 5.75. The van der Waals surface area contributed by atoms with Crippen molar-refractivity contribution in [2.45, 2.75) is 25.8 Å². The van der Waals surface area contributed by atoms with E-state index in [1.165, 1.54) is 0 Å². The zero-order valence-corrected chi connectivity index (χ0v) is 11.9. The fourth-order valence-corrected chi connectivity index (χ4v) is 2.14. The maximum absolute atomic E-state index is 12.1. The maximum atomic E-state index is 12.1. The fourth-order valence-electron chi connectivity index (χ4n) is 2.01. The van der Waals surface area contributed by atoms with E-state index in [9.17, 15) is 14.7 Å². The molecule has 0 fully saturated rings. The van der Waals surface area contributed by atoms with Crippen LogP contribution in [0.3, 0.4) is 0 Å². The summed E-state index contributed by atoms with van der Waals surface area (Å²) in [6.45, 7) is 3.55. The van der Waals surface area contributed by atoms with Gasteiger partial charge in [0.05, 0.1) is 0 Å². The Labute approximate surface area is 121 Å². The summed E-state index contributed by atoms with van der Waals surface area (Å²) in [6, 6.07) is 6.47. The highest BCUT2D eigenvalue weighted by atomic mass is 35.5. The topological polar surface area (TPSA) is 78.4 Å². The number of carbonyl (C=O) groups is 2. The Morgan fingerprint density at radius 1 is 1.35 bits per heavy atom. The van der Waals surface area contributed by atoms with Gasteiger partial charge in [-0.05, 0) is 38.1 Å². The SMILES string of the molecule is CC1(C)CC(O)=C(C(=O)Nc2ccc(Cl)cc2)C(=O)N1. The summed E-state index contributed by atoms with van der Waals surface area (Å²) in [5.41, 5.74) is -0.317. The van der Waals surface area contributed by atoms with Gasteiger partial charge in [-0.1, -0.05) is 11.6 Å². The van der Waals surface area contributed by atoms with Gasteiger partial charge in [0.2, 0.25) is 0 Å². The molecule has 1 heterocycles. The van der Waals surface area contributed by atoms with E-state index < -0.39 is 17.4 Å². The molecular weight excluding hydrogens is 280 g/mol. The van der Waals surface area contributed by atoms with Gasteiger partial charge in [-0.15, -0.1) is 0 Å². The van der Waals surface area contributed by atoms with Gasteiger partial charge in [-0.3, -0.25) is 9.59 Å². The first-order valence-electron chi connectivity index (χ1n) is 6.10. The van der Waals surface area contributed by atoms with E-state index in [2.05, 4.69) is 10.6 Å². The molecule has 0 unspecified atom stereocenters. The molecule has 0 aliphatic carbocycles. The molecule has 0 bridgehead atoms. The van der Waals surface area contributed by atoms with Gasteiger partial charge in [0, 0.05) is 22.7 Å². The molecule has 0 aromatic heterocycles. The largest absolute Gasteiger partial charge is 0.511 e. The first-order chi connectivity index (χ1) is 9.28. The second-order valence-corrected chi connectivity index (χ2v) is 5.73. The normalized spacial score (nSPS) is 17.6. The molecule has 106 valence electrons. The molecule has 2 rings (SSSR count). The molecule has 20 heavy (non-hydrogen) atoms. The third-order valence-corrected chi connectivity index (χ3v) is 3.16. The number of hydrogen-bond donors (Lipinski definition) is 3. The zero-order valence-electron chi connectivity index (χ0n) is 11.2. The van der Waals surface area contributed by atoms with E-state index in [0.717, 1.165) is 0 Å². The predicted molar refractivity (Wildman–Crippen MR) is 76.6 cm³/mol. The number of anilines is 1. The van der Waals surface area contributed by atoms with Gasteiger partial charge in [0.25, 0.3) is 11.8 Å². The molecule has 1 aliphatic rings. The summed E-state index contributed by atoms with van der Waals surface area (Å²) in [7, 11) is 0. The Balaban J connectivity index is 2.20. The number of hydrogen-bond acceptors (Lipinski definition) is 3. The average Bonchev–Trinajstić information content (AvgIpc) is 2.29. The Bertz CT molecular complexity index is 591. The van der Waals surface area contributed by atoms with E-state index in [1.54, 1.807) is 38.1 Å². The van der Waals surface area contributed by atoms with E-state index in [0.29, 0.717) is 10.7 Å². The van der Waals surface area contributed by atoms with E-state index >= 15 is 0 Å². The van der Waals surface area contributed by atoms with Crippen molar-refractivity contribution >= 4 is 29.1 Å². The molecule has 1 aromatic rings. The second-order valence-electron chi connectivity index (χ2n) is 5.30. The van der Waals surface area contributed by atoms with Crippen LogP contribution in [0.1, 0.15) is 20.3 Å². The Morgan fingerprint density at radius 2 is 1.95 bits per heavy atom. The first kappa shape index (κ1) is 14.4. The standard InChI is InChI=1S/C14H15ClN2O3/c1-14(2)7-10(18)11(13(20)17-14)12(19)16-9-5-3-8(15)4-6-9/h3-6,18H,7H2,1-2H3,(H,16,19)(H,17,20). The number of rotatable bonds is 2. The van der Waals surface area contributed by atoms with E-state index in [1.807, 2.05) is 0 Å². The molecular formula is C14H15ClN2O3. The van der Waals surface area contributed by atoms with Crippen LogP contribution in [0, 0.1) is 0 Å². The van der Waals surface area contributed by atoms with Crippen LogP contribution in [0.5, 0.6) is 0 Å². The van der Waals surface area contributed by atoms with Gasteiger partial charge >= 0.3 is 0 Å². The molecule has 1 aliphatic heterocycles. The van der Waals surface area contributed by atoms with Crippen LogP contribution in [0.4, 0.5) is 5.69 Å². The van der Waals surface area contributed by atoms with Crippen molar-refractivity contribution in [2.75, 3.05) is 5.32 Å². The minimum absolute atomic E-state index is 0.204. The molecule has 0 radical (unpaired) electrons. The lowest BCUT2D eigenvalue weighted by atomic mass is 9.92. The van der Waals surface area contributed by atoms with Gasteiger partial charge in [-0.2, -0.15) is 0 Å². The highest BCUT2D eigenvalue weighted by Gasteiger charge is 2.35. The fraction of sp³-hybridized carbons (Fsp3) is 0.286. The minimum Gasteiger partial charge on any atom is -0.511 e. The molecule has 0 saturated carbocycles. The number of amides is 2. The van der Waals surface area contributed by atoms with Gasteiger partial charge in [-0.25, -0.2) is 0 Å². The predicted octanol–water partition coefficient (Wildman–Crippen LogP) is 2.39. The Hall–Kier alpha value is -2.01. The van der Waals surface area contributed by atoms with Crippen molar-refractivity contribution in [3.8, 4) is 0 Å². The summed E-state index contributed by atoms with van der Waals surface area (Å²) < 4.78 is 0. The first-order valence-corrected chi connectivity index (χ1v) is 6.48. The molecule has 2 amide bonds. The zero-order chi connectivity index (χ0) is 14.9. The highest BCUT2D eigenvalue weighted by molar-refractivity contribution is 6.30. The van der Waals surface area contributed by atoms with Crippen LogP contribution in [0.2, 0.25) is 5.02 Å². The summed E-state index contributed by atoms with van der Waals surface area (Å²) in [5.74, 6) is -1.42. The monoisotopic (exact) mass is 294 g/mol. The van der Waals surface area contributed by atoms with Crippen molar-refractivity contribution in [3.05, 3.63) is 40.6 Å². The Morgan fingerprint density at radius 3 is 2.50 bits per heavy atom. The average molecular weight is 295 g/mol. The molecule has 5 nitrogen and oxygen atoms in total. The van der Waals surface area contributed by atoms with Gasteiger partial charge in [0.1, 0.15) is 11.3 Å². The number of carbonyl (C=O) groups excluding carboxylic acids is 2. The molecule has 0 saturated heterocycles. The minimum atomic E-state index is -0.641. The summed E-state index contributed by atoms with van der Waals surface area (Å²) in [5, 5.41) is 15.7. The quantitative estimate of drug-likeness (QED) is 0.733. The van der Waals surface area contributed by atoms with Crippen molar-refractivity contribution in [3.63, 3.8) is 0 Å². The van der Waals surface area contributed by atoms with E-state index in [-0.39, 0.29) is 17.8 Å². The van der Waals surface area contributed by atoms with Crippen LogP contribution in [-0.2, 0) is 9.59 Å². The molecule has 0 spiro atoms. The summed E-state index contributed by atoms with van der Waals surface area (Å²) in [6.07, 6.45) is 0.210. The van der Waals surface area contributed by atoms with Crippen LogP contribution in [0.15, 0.2) is 35.6 Å². The lowest BCUT2D eigenvalue weighted by Crippen LogP contribution is -2.49. The Kier molecular flexibility index (Phi) is 3.72.